The third-order valence-corrected chi connectivity index (χ3v) is 5.03. The zero-order chi connectivity index (χ0) is 19.8. The molecule has 1 aromatic carbocycles. The van der Waals surface area contributed by atoms with Crippen molar-refractivity contribution in [2.24, 2.45) is 0 Å². The van der Waals surface area contributed by atoms with Crippen LogP contribution in [0.1, 0.15) is 17.3 Å². The van der Waals surface area contributed by atoms with Crippen molar-refractivity contribution in [1.29, 1.82) is 0 Å². The van der Waals surface area contributed by atoms with Crippen molar-refractivity contribution in [3.05, 3.63) is 46.2 Å². The van der Waals surface area contributed by atoms with Crippen LogP contribution >= 0.6 is 23.2 Å². The Bertz CT molecular complexity index is 1150. The summed E-state index contributed by atoms with van der Waals surface area (Å²) in [6.07, 6.45) is 2.05. The van der Waals surface area contributed by atoms with Crippen molar-refractivity contribution in [2.75, 3.05) is 11.9 Å². The van der Waals surface area contributed by atoms with Gasteiger partial charge in [0.1, 0.15) is 5.56 Å². The molecule has 0 saturated heterocycles. The van der Waals surface area contributed by atoms with Crippen LogP contribution in [0.3, 0.4) is 0 Å². The fraction of sp³-hybridized carbons (Fsp3) is 0.133. The van der Waals surface area contributed by atoms with Gasteiger partial charge in [0.05, 0.1) is 22.8 Å². The van der Waals surface area contributed by atoms with Gasteiger partial charge >= 0.3 is 5.97 Å². The Labute approximate surface area is 163 Å². The second kappa shape index (κ2) is 7.31. The van der Waals surface area contributed by atoms with Gasteiger partial charge in [-0.15, -0.1) is 0 Å². The lowest BCUT2D eigenvalue weighted by molar-refractivity contribution is 0.0526. The molecule has 27 heavy (non-hydrogen) atoms. The van der Waals surface area contributed by atoms with Gasteiger partial charge in [0.2, 0.25) is 0 Å². The van der Waals surface area contributed by atoms with Crippen molar-refractivity contribution in [2.45, 2.75) is 11.8 Å². The molecule has 3 aromatic rings. The molecular weight excluding hydrogens is 419 g/mol. The maximum atomic E-state index is 12.3. The lowest BCUT2D eigenvalue weighted by atomic mass is 10.2. The number of benzene rings is 1. The van der Waals surface area contributed by atoms with Crippen molar-refractivity contribution < 1.29 is 22.5 Å². The highest BCUT2D eigenvalue weighted by Gasteiger charge is 2.24. The second-order valence-corrected chi connectivity index (χ2v) is 7.42. The first-order valence-corrected chi connectivity index (χ1v) is 9.65. The highest BCUT2D eigenvalue weighted by atomic mass is 35.5. The quantitative estimate of drug-likeness (QED) is 0.467. The van der Waals surface area contributed by atoms with Crippen LogP contribution < -0.4 is 5.32 Å². The number of nitrogens with one attached hydrogen (secondary N) is 1. The third kappa shape index (κ3) is 3.83. The number of hydrogen-bond donors (Lipinski definition) is 2. The van der Waals surface area contributed by atoms with Gasteiger partial charge < -0.3 is 10.1 Å². The van der Waals surface area contributed by atoms with Crippen molar-refractivity contribution in [3.8, 4) is 0 Å². The molecule has 2 aromatic heterocycles. The average Bonchev–Trinajstić information content (AvgIpc) is 3.03. The van der Waals surface area contributed by atoms with Crippen LogP contribution in [0.2, 0.25) is 10.0 Å². The molecule has 0 aliphatic rings. The van der Waals surface area contributed by atoms with Crippen LogP contribution in [-0.2, 0) is 14.9 Å². The van der Waals surface area contributed by atoms with Crippen molar-refractivity contribution in [3.63, 3.8) is 0 Å². The van der Waals surface area contributed by atoms with Gasteiger partial charge in [0, 0.05) is 11.9 Å². The van der Waals surface area contributed by atoms with E-state index in [9.17, 15) is 17.8 Å². The number of esters is 1. The maximum Gasteiger partial charge on any atom is 0.343 e. The summed E-state index contributed by atoms with van der Waals surface area (Å²) < 4.78 is 38.4. The average molecular weight is 431 g/mol. The summed E-state index contributed by atoms with van der Waals surface area (Å²) in [4.78, 5) is 15.7. The van der Waals surface area contributed by atoms with Crippen LogP contribution in [0.5, 0.6) is 0 Å². The van der Waals surface area contributed by atoms with Gasteiger partial charge in [-0.05, 0) is 25.1 Å². The van der Waals surface area contributed by atoms with E-state index in [2.05, 4.69) is 15.4 Å². The van der Waals surface area contributed by atoms with E-state index >= 15 is 0 Å². The smallest absolute Gasteiger partial charge is 0.343 e. The summed E-state index contributed by atoms with van der Waals surface area (Å²) in [7, 11) is -4.56. The van der Waals surface area contributed by atoms with Gasteiger partial charge in [-0.2, -0.15) is 18.0 Å². The molecule has 3 rings (SSSR count). The topological polar surface area (TPSA) is 123 Å². The number of carbonyl (C=O) groups is 1. The van der Waals surface area contributed by atoms with Crippen LogP contribution in [0.4, 0.5) is 11.5 Å². The fourth-order valence-electron chi connectivity index (χ4n) is 2.28. The van der Waals surface area contributed by atoms with E-state index in [1.54, 1.807) is 19.1 Å². The minimum absolute atomic E-state index is 0.000380. The SMILES string of the molecule is CCOC(=O)c1cnc2c(S(=O)(=O)O)cnn2c1Nc1ccc(Cl)c(Cl)c1. The number of anilines is 2. The predicted molar refractivity (Wildman–Crippen MR) is 98.5 cm³/mol. The molecule has 142 valence electrons. The van der Waals surface area contributed by atoms with Gasteiger partial charge in [-0.1, -0.05) is 23.2 Å². The van der Waals surface area contributed by atoms with E-state index in [0.29, 0.717) is 10.7 Å². The van der Waals surface area contributed by atoms with Gasteiger partial charge in [0.25, 0.3) is 10.1 Å². The maximum absolute atomic E-state index is 12.3. The Hall–Kier alpha value is -2.40. The third-order valence-electron chi connectivity index (χ3n) is 3.45. The molecule has 0 bridgehead atoms. The summed E-state index contributed by atoms with van der Waals surface area (Å²) in [6, 6.07) is 4.65. The number of rotatable bonds is 5. The zero-order valence-corrected chi connectivity index (χ0v) is 16.0. The number of ether oxygens (including phenoxy) is 1. The summed E-state index contributed by atoms with van der Waals surface area (Å²) in [6.45, 7) is 1.76. The van der Waals surface area contributed by atoms with Gasteiger partial charge in [0.15, 0.2) is 16.4 Å². The van der Waals surface area contributed by atoms with Gasteiger partial charge in [-0.25, -0.2) is 9.78 Å². The standard InChI is InChI=1S/C15H12Cl2N4O5S/c1-2-26-15(22)9-6-18-14-12(27(23,24)25)7-19-21(14)13(9)20-8-3-4-10(16)11(17)5-8/h3-7,20H,2H2,1H3,(H,23,24,25). The molecule has 0 aliphatic heterocycles. The first kappa shape index (κ1) is 19.4. The number of fused-ring (bicyclic) bond motifs is 1. The Balaban J connectivity index is 2.21. The number of halogens is 2. The minimum atomic E-state index is -4.56. The van der Waals surface area contributed by atoms with E-state index in [4.69, 9.17) is 27.9 Å². The lowest BCUT2D eigenvalue weighted by Crippen LogP contribution is -2.13. The predicted octanol–water partition coefficient (Wildman–Crippen LogP) is 3.20. The fourth-order valence-corrected chi connectivity index (χ4v) is 3.13. The molecular formula is C15H12Cl2N4O5S. The van der Waals surface area contributed by atoms with Gasteiger partial charge in [-0.3, -0.25) is 4.55 Å². The summed E-state index contributed by atoms with van der Waals surface area (Å²) in [5, 5.41) is 7.44. The highest BCUT2D eigenvalue weighted by Crippen LogP contribution is 2.29. The zero-order valence-electron chi connectivity index (χ0n) is 13.7. The molecule has 0 spiro atoms. The molecule has 0 aliphatic carbocycles. The van der Waals surface area contributed by atoms with Crippen LogP contribution in [0, 0.1) is 0 Å². The Kier molecular flexibility index (Phi) is 5.24. The normalized spacial score (nSPS) is 11.6. The van der Waals surface area contributed by atoms with E-state index in [0.717, 1.165) is 16.9 Å². The van der Waals surface area contributed by atoms with E-state index in [1.165, 1.54) is 6.07 Å². The van der Waals surface area contributed by atoms with Crippen LogP contribution in [0.15, 0.2) is 35.5 Å². The van der Waals surface area contributed by atoms with Crippen LogP contribution in [0.25, 0.3) is 5.65 Å². The summed E-state index contributed by atoms with van der Waals surface area (Å²) >= 11 is 11.9. The van der Waals surface area contributed by atoms with Crippen molar-refractivity contribution >= 4 is 56.4 Å². The highest BCUT2D eigenvalue weighted by molar-refractivity contribution is 7.86. The Morgan fingerprint density at radius 1 is 1.30 bits per heavy atom. The van der Waals surface area contributed by atoms with E-state index in [-0.39, 0.29) is 28.7 Å². The lowest BCUT2D eigenvalue weighted by Gasteiger charge is -2.13. The molecule has 0 radical (unpaired) electrons. The molecule has 0 atom stereocenters. The molecule has 0 amide bonds. The number of carbonyl (C=O) groups excluding carboxylic acids is 1. The van der Waals surface area contributed by atoms with Crippen LogP contribution in [-0.4, -0.2) is 40.1 Å². The summed E-state index contributed by atoms with van der Waals surface area (Å²) in [5.74, 6) is -0.620. The largest absolute Gasteiger partial charge is 0.462 e. The monoisotopic (exact) mass is 430 g/mol. The van der Waals surface area contributed by atoms with E-state index < -0.39 is 21.0 Å². The Morgan fingerprint density at radius 2 is 2.04 bits per heavy atom. The number of nitrogens with zero attached hydrogens (tertiary/aromatic N) is 3. The van der Waals surface area contributed by atoms with E-state index in [1.807, 2.05) is 0 Å². The molecule has 0 saturated carbocycles. The first-order chi connectivity index (χ1) is 12.7. The molecule has 9 nitrogen and oxygen atoms in total. The molecule has 2 heterocycles. The number of hydrogen-bond acceptors (Lipinski definition) is 7. The molecule has 0 fully saturated rings. The summed E-state index contributed by atoms with van der Waals surface area (Å²) in [5.41, 5.74) is 0.278. The minimum Gasteiger partial charge on any atom is -0.462 e. The second-order valence-electron chi connectivity index (χ2n) is 5.21. The molecule has 12 heteroatoms. The van der Waals surface area contributed by atoms with Crippen molar-refractivity contribution in [1.82, 2.24) is 14.6 Å². The molecule has 0 unspecified atom stereocenters. The Morgan fingerprint density at radius 3 is 2.67 bits per heavy atom. The first-order valence-electron chi connectivity index (χ1n) is 7.45. The number of aromatic nitrogens is 3. The molecule has 2 N–H and O–H groups in total.